The van der Waals surface area contributed by atoms with E-state index < -0.39 is 0 Å². The van der Waals surface area contributed by atoms with Gasteiger partial charge in [-0.2, -0.15) is 5.26 Å². The zero-order valence-electron chi connectivity index (χ0n) is 6.46. The van der Waals surface area contributed by atoms with E-state index in [-0.39, 0.29) is 6.61 Å². The van der Waals surface area contributed by atoms with Gasteiger partial charge in [-0.05, 0) is 6.07 Å². The molecule has 0 unspecified atom stereocenters. The number of alkyl halides is 1. The average Bonchev–Trinajstić information content (AvgIpc) is 2.15. The van der Waals surface area contributed by atoms with Crippen LogP contribution >= 0.6 is 15.9 Å². The predicted molar refractivity (Wildman–Crippen MR) is 50.2 cm³/mol. The number of nitriles is 1. The van der Waals surface area contributed by atoms with Gasteiger partial charge in [-0.15, -0.1) is 0 Å². The van der Waals surface area contributed by atoms with E-state index in [9.17, 15) is 0 Å². The summed E-state index contributed by atoms with van der Waals surface area (Å²) in [6.45, 7) is 0.101. The molecule has 0 spiro atoms. The van der Waals surface area contributed by atoms with E-state index in [1.807, 2.05) is 30.3 Å². The molecule has 0 N–H and O–H groups in total. The maximum atomic E-state index is 8.30. The summed E-state index contributed by atoms with van der Waals surface area (Å²) in [4.78, 5) is 0. The third-order valence-electron chi connectivity index (χ3n) is 1.41. The van der Waals surface area contributed by atoms with Crippen molar-refractivity contribution >= 4 is 15.9 Å². The summed E-state index contributed by atoms with van der Waals surface area (Å²) in [5.41, 5.74) is 1.06. The second-order valence-electron chi connectivity index (χ2n) is 2.19. The number of hydrogen-bond acceptors (Lipinski definition) is 2. The largest absolute Gasteiger partial charge is 0.478 e. The monoisotopic (exact) mass is 225 g/mol. The third kappa shape index (κ3) is 2.24. The highest BCUT2D eigenvalue weighted by atomic mass is 79.9. The lowest BCUT2D eigenvalue weighted by molar-refractivity contribution is 0.365. The van der Waals surface area contributed by atoms with Crippen molar-refractivity contribution in [2.24, 2.45) is 0 Å². The van der Waals surface area contributed by atoms with Crippen LogP contribution in [0.1, 0.15) is 5.56 Å². The van der Waals surface area contributed by atoms with Gasteiger partial charge >= 0.3 is 0 Å². The minimum Gasteiger partial charge on any atom is -0.478 e. The molecule has 1 aromatic rings. The van der Waals surface area contributed by atoms with Crippen LogP contribution in [0.25, 0.3) is 0 Å². The van der Waals surface area contributed by atoms with Gasteiger partial charge in [0.05, 0.1) is 0 Å². The van der Waals surface area contributed by atoms with Gasteiger partial charge in [0.2, 0.25) is 0 Å². The van der Waals surface area contributed by atoms with Gasteiger partial charge in [0.15, 0.2) is 6.61 Å². The molecule has 0 saturated carbocycles. The van der Waals surface area contributed by atoms with Crippen molar-refractivity contribution in [3.63, 3.8) is 0 Å². The molecule has 1 rings (SSSR count). The number of rotatable bonds is 3. The summed E-state index contributed by atoms with van der Waals surface area (Å²) < 4.78 is 5.19. The molecule has 0 aromatic heterocycles. The van der Waals surface area contributed by atoms with E-state index in [1.165, 1.54) is 0 Å². The second kappa shape index (κ2) is 4.78. The van der Waals surface area contributed by atoms with Crippen molar-refractivity contribution < 1.29 is 4.74 Å². The highest BCUT2D eigenvalue weighted by molar-refractivity contribution is 9.08. The topological polar surface area (TPSA) is 33.0 Å². The quantitative estimate of drug-likeness (QED) is 0.741. The molecule has 0 radical (unpaired) electrons. The Balaban J connectivity index is 2.76. The van der Waals surface area contributed by atoms with Gasteiger partial charge < -0.3 is 4.74 Å². The van der Waals surface area contributed by atoms with Gasteiger partial charge in [0, 0.05) is 10.9 Å². The molecule has 0 heterocycles. The van der Waals surface area contributed by atoms with Crippen molar-refractivity contribution in [1.29, 1.82) is 5.26 Å². The Morgan fingerprint density at radius 1 is 1.42 bits per heavy atom. The molecular weight excluding hydrogens is 218 g/mol. The Morgan fingerprint density at radius 2 is 2.17 bits per heavy atom. The van der Waals surface area contributed by atoms with Crippen LogP contribution in [0.15, 0.2) is 24.3 Å². The zero-order chi connectivity index (χ0) is 8.81. The molecule has 0 bridgehead atoms. The third-order valence-corrected chi connectivity index (χ3v) is 2.01. The lowest BCUT2D eigenvalue weighted by Gasteiger charge is -2.05. The predicted octanol–water partition coefficient (Wildman–Crippen LogP) is 2.48. The number of hydrogen-bond donors (Lipinski definition) is 0. The highest BCUT2D eigenvalue weighted by Crippen LogP contribution is 2.19. The van der Waals surface area contributed by atoms with Gasteiger partial charge in [-0.3, -0.25) is 0 Å². The summed E-state index contributed by atoms with van der Waals surface area (Å²) in [7, 11) is 0. The van der Waals surface area contributed by atoms with Crippen molar-refractivity contribution in [3.05, 3.63) is 29.8 Å². The van der Waals surface area contributed by atoms with Crippen LogP contribution < -0.4 is 4.74 Å². The molecule has 1 aromatic carbocycles. The summed E-state index contributed by atoms with van der Waals surface area (Å²) in [6, 6.07) is 9.57. The van der Waals surface area contributed by atoms with Gasteiger partial charge in [-0.25, -0.2) is 0 Å². The summed E-state index contributed by atoms with van der Waals surface area (Å²) in [5.74, 6) is 0.774. The fourth-order valence-corrected chi connectivity index (χ4v) is 1.33. The van der Waals surface area contributed by atoms with Crippen LogP contribution in [-0.2, 0) is 5.33 Å². The first kappa shape index (κ1) is 9.08. The Bertz CT molecular complexity index is 293. The molecule has 0 fully saturated rings. The summed E-state index contributed by atoms with van der Waals surface area (Å²) in [5, 5.41) is 9.05. The van der Waals surface area contributed by atoms with Gasteiger partial charge in [0.1, 0.15) is 11.8 Å². The van der Waals surface area contributed by atoms with Crippen LogP contribution in [0.5, 0.6) is 5.75 Å². The van der Waals surface area contributed by atoms with E-state index in [2.05, 4.69) is 15.9 Å². The van der Waals surface area contributed by atoms with E-state index in [0.29, 0.717) is 0 Å². The molecule has 0 saturated heterocycles. The van der Waals surface area contributed by atoms with Crippen LogP contribution in [0.4, 0.5) is 0 Å². The number of halogens is 1. The molecule has 0 atom stereocenters. The molecule has 3 heteroatoms. The average molecular weight is 226 g/mol. The lowest BCUT2D eigenvalue weighted by Crippen LogP contribution is -1.95. The van der Waals surface area contributed by atoms with E-state index in [4.69, 9.17) is 10.00 Å². The molecule has 0 aliphatic carbocycles. The molecule has 0 aliphatic heterocycles. The van der Waals surface area contributed by atoms with Gasteiger partial charge in [0.25, 0.3) is 0 Å². The standard InChI is InChI=1S/C9H8BrNO/c10-7-8-3-1-2-4-9(8)12-6-5-11/h1-4H,6-7H2. The first-order chi connectivity index (χ1) is 5.88. The number of ether oxygens (including phenoxy) is 1. The fraction of sp³-hybridized carbons (Fsp3) is 0.222. The molecule has 0 aliphatic rings. The molecule has 62 valence electrons. The molecule has 12 heavy (non-hydrogen) atoms. The highest BCUT2D eigenvalue weighted by Gasteiger charge is 1.99. The van der Waals surface area contributed by atoms with E-state index in [1.54, 1.807) is 0 Å². The second-order valence-corrected chi connectivity index (χ2v) is 2.75. The fourth-order valence-electron chi connectivity index (χ4n) is 0.865. The number of benzene rings is 1. The van der Waals surface area contributed by atoms with Crippen molar-refractivity contribution in [2.75, 3.05) is 6.61 Å². The summed E-state index contributed by atoms with van der Waals surface area (Å²) >= 11 is 3.34. The normalized spacial score (nSPS) is 9.00. The summed E-state index contributed by atoms with van der Waals surface area (Å²) in [6.07, 6.45) is 0. The number of para-hydroxylation sites is 1. The van der Waals surface area contributed by atoms with Gasteiger partial charge in [-0.1, -0.05) is 34.1 Å². The Kier molecular flexibility index (Phi) is 3.62. The SMILES string of the molecule is N#CCOc1ccccc1CBr. The van der Waals surface area contributed by atoms with Crippen LogP contribution in [0, 0.1) is 11.3 Å². The van der Waals surface area contributed by atoms with Crippen LogP contribution in [0.2, 0.25) is 0 Å². The molecular formula is C9H8BrNO. The first-order valence-corrected chi connectivity index (χ1v) is 4.64. The minimum atomic E-state index is 0.101. The molecule has 0 amide bonds. The van der Waals surface area contributed by atoms with Crippen molar-refractivity contribution in [1.82, 2.24) is 0 Å². The Morgan fingerprint density at radius 3 is 2.83 bits per heavy atom. The lowest BCUT2D eigenvalue weighted by atomic mass is 10.2. The van der Waals surface area contributed by atoms with Crippen molar-refractivity contribution in [2.45, 2.75) is 5.33 Å². The molecule has 2 nitrogen and oxygen atoms in total. The minimum absolute atomic E-state index is 0.101. The Hall–Kier alpha value is -1.01. The first-order valence-electron chi connectivity index (χ1n) is 3.52. The van der Waals surface area contributed by atoms with E-state index in [0.717, 1.165) is 16.6 Å². The van der Waals surface area contributed by atoms with Crippen molar-refractivity contribution in [3.8, 4) is 11.8 Å². The van der Waals surface area contributed by atoms with Crippen LogP contribution in [0.3, 0.4) is 0 Å². The Labute approximate surface area is 79.9 Å². The zero-order valence-corrected chi connectivity index (χ0v) is 8.04. The van der Waals surface area contributed by atoms with E-state index >= 15 is 0 Å². The smallest absolute Gasteiger partial charge is 0.174 e. The number of nitrogens with zero attached hydrogens (tertiary/aromatic N) is 1. The van der Waals surface area contributed by atoms with Crippen LogP contribution in [-0.4, -0.2) is 6.61 Å². The maximum Gasteiger partial charge on any atom is 0.174 e. The maximum absolute atomic E-state index is 8.30.